The largest absolute Gasteiger partial charge is 0.462 e. The van der Waals surface area contributed by atoms with Gasteiger partial charge in [0, 0.05) is 12.8 Å². The third kappa shape index (κ3) is 62.3. The van der Waals surface area contributed by atoms with Crippen LogP contribution in [0.4, 0.5) is 0 Å². The highest BCUT2D eigenvalue weighted by Crippen LogP contribution is 2.16. The van der Waals surface area contributed by atoms with E-state index in [1.165, 1.54) is 122 Å². The lowest BCUT2D eigenvalue weighted by molar-refractivity contribution is -0.161. The molecule has 0 aliphatic carbocycles. The predicted octanol–water partition coefficient (Wildman–Crippen LogP) is 21.8. The van der Waals surface area contributed by atoms with E-state index in [1.807, 2.05) is 0 Å². The van der Waals surface area contributed by atoms with Gasteiger partial charge in [0.1, 0.15) is 6.61 Å². The molecule has 0 saturated carbocycles. The fourth-order valence-electron chi connectivity index (χ4n) is 8.50. The molecule has 0 amide bonds. The fraction of sp³-hybridized carbons (Fsp3) is 0.634. The fourth-order valence-corrected chi connectivity index (χ4v) is 8.50. The van der Waals surface area contributed by atoms with Crippen molar-refractivity contribution >= 4 is 11.9 Å². The van der Waals surface area contributed by atoms with E-state index in [0.29, 0.717) is 12.8 Å². The predicted molar refractivity (Wildman–Crippen MR) is 334 cm³/mol. The minimum absolute atomic E-state index is 0.0857. The zero-order chi connectivity index (χ0) is 54.8. The molecule has 0 spiro atoms. The van der Waals surface area contributed by atoms with E-state index in [2.05, 4.69) is 160 Å². The van der Waals surface area contributed by atoms with Crippen LogP contribution in [-0.4, -0.2) is 36.4 Å². The molecule has 5 nitrogen and oxygen atoms in total. The first kappa shape index (κ1) is 71.8. The molecule has 0 aliphatic rings. The Balaban J connectivity index is 3.52. The minimum Gasteiger partial charge on any atom is -0.462 e. The van der Waals surface area contributed by atoms with Crippen LogP contribution >= 0.6 is 0 Å². The van der Waals surface area contributed by atoms with Crippen molar-refractivity contribution < 1.29 is 24.2 Å². The van der Waals surface area contributed by atoms with E-state index in [-0.39, 0.29) is 25.2 Å². The molecule has 0 radical (unpaired) electrons. The van der Waals surface area contributed by atoms with Crippen LogP contribution in [0.5, 0.6) is 0 Å². The molecule has 76 heavy (non-hydrogen) atoms. The second-order valence-electron chi connectivity index (χ2n) is 20.4. The van der Waals surface area contributed by atoms with Crippen molar-refractivity contribution in [2.75, 3.05) is 13.2 Å². The van der Waals surface area contributed by atoms with Crippen molar-refractivity contribution in [1.29, 1.82) is 0 Å². The molecule has 0 bridgehead atoms. The lowest BCUT2D eigenvalue weighted by Crippen LogP contribution is -2.28. The van der Waals surface area contributed by atoms with Crippen LogP contribution < -0.4 is 0 Å². The average Bonchev–Trinajstić information content (AvgIpc) is 3.42. The number of unbranched alkanes of at least 4 members (excludes halogenated alkanes) is 24. The van der Waals surface area contributed by atoms with Gasteiger partial charge in [-0.2, -0.15) is 0 Å². The van der Waals surface area contributed by atoms with Crippen LogP contribution in [-0.2, 0) is 19.1 Å². The molecule has 5 heteroatoms. The van der Waals surface area contributed by atoms with Gasteiger partial charge < -0.3 is 14.6 Å². The van der Waals surface area contributed by atoms with E-state index < -0.39 is 6.10 Å². The first-order valence-electron chi connectivity index (χ1n) is 31.4. The molecule has 0 aromatic carbocycles. The molecule has 0 aromatic rings. The maximum absolute atomic E-state index is 12.3. The second kappa shape index (κ2) is 65.1. The van der Waals surface area contributed by atoms with Gasteiger partial charge in [0.25, 0.3) is 0 Å². The summed E-state index contributed by atoms with van der Waals surface area (Å²) in [6.45, 7) is 3.89. The minimum atomic E-state index is -0.800. The first-order chi connectivity index (χ1) is 37.6. The zero-order valence-electron chi connectivity index (χ0n) is 49.2. The Morgan fingerprint density at radius 2 is 0.526 bits per heavy atom. The number of hydrogen-bond donors (Lipinski definition) is 1. The Kier molecular flexibility index (Phi) is 61.5. The van der Waals surface area contributed by atoms with Crippen LogP contribution in [0.15, 0.2) is 146 Å². The van der Waals surface area contributed by atoms with Crippen molar-refractivity contribution in [2.45, 2.75) is 277 Å². The van der Waals surface area contributed by atoms with Gasteiger partial charge in [-0.3, -0.25) is 9.59 Å². The molecule has 430 valence electrons. The number of hydrogen-bond acceptors (Lipinski definition) is 5. The summed E-state index contributed by atoms with van der Waals surface area (Å²) < 4.78 is 10.7. The number of aliphatic hydroxyl groups is 1. The second-order valence-corrected chi connectivity index (χ2v) is 20.4. The zero-order valence-corrected chi connectivity index (χ0v) is 49.2. The van der Waals surface area contributed by atoms with Gasteiger partial charge in [-0.15, -0.1) is 0 Å². The van der Waals surface area contributed by atoms with Crippen LogP contribution in [0, 0.1) is 0 Å². The Morgan fingerprint density at radius 3 is 0.803 bits per heavy atom. The van der Waals surface area contributed by atoms with Gasteiger partial charge in [0.15, 0.2) is 6.10 Å². The summed E-state index contributed by atoms with van der Waals surface area (Å²) in [4.78, 5) is 24.6. The molecule has 1 atom stereocenters. The quantitative estimate of drug-likeness (QED) is 0.0373. The van der Waals surface area contributed by atoms with Crippen molar-refractivity contribution in [1.82, 2.24) is 0 Å². The van der Waals surface area contributed by atoms with Crippen molar-refractivity contribution in [3.05, 3.63) is 146 Å². The Hall–Kier alpha value is -4.22. The Bertz CT molecular complexity index is 1610. The molecule has 0 aliphatic heterocycles. The topological polar surface area (TPSA) is 72.8 Å². The first-order valence-corrected chi connectivity index (χ1v) is 31.4. The average molecular weight is 1050 g/mol. The highest BCUT2D eigenvalue weighted by molar-refractivity contribution is 5.70. The van der Waals surface area contributed by atoms with Gasteiger partial charge in [-0.25, -0.2) is 0 Å². The maximum atomic E-state index is 12.3. The standard InChI is InChI=1S/C71H116O5/c1-3-5-7-9-11-13-15-17-19-21-23-25-27-29-30-31-32-33-34-35-36-37-38-39-40-42-43-45-47-49-51-53-55-57-59-61-63-65-70(73)75-68-69(67-72)76-71(74)66-64-62-60-58-56-54-52-50-48-46-44-41-28-26-24-22-20-18-16-14-12-10-8-6-4-2/h5-8,11-14,17-20,23-26,29-30,41,44,48,50,54,56,69,72H,3-4,9-10,15-16,21-22,27-28,31-40,42-43,45-47,49,51-53,55,57-68H2,1-2H3/b7-5-,8-6-,13-11-,14-12-,19-17-,20-18-,25-23-,26-24-,30-29-,44-41-,50-48-,56-54-. The molecular weight excluding hydrogens is 933 g/mol. The molecule has 1 unspecified atom stereocenters. The number of carbonyl (C=O) groups is 2. The lowest BCUT2D eigenvalue weighted by Gasteiger charge is -2.15. The van der Waals surface area contributed by atoms with E-state index in [1.54, 1.807) is 0 Å². The number of carbonyl (C=O) groups excluding carboxylic acids is 2. The normalized spacial score (nSPS) is 13.2. The summed E-state index contributed by atoms with van der Waals surface area (Å²) in [5.41, 5.74) is 0. The lowest BCUT2D eigenvalue weighted by atomic mass is 10.0. The maximum Gasteiger partial charge on any atom is 0.306 e. The summed E-state index contributed by atoms with van der Waals surface area (Å²) in [5, 5.41) is 9.67. The van der Waals surface area contributed by atoms with Crippen molar-refractivity contribution in [3.63, 3.8) is 0 Å². The molecule has 0 rings (SSSR count). The van der Waals surface area contributed by atoms with Crippen LogP contribution in [0.1, 0.15) is 271 Å². The number of ether oxygens (including phenoxy) is 2. The summed E-state index contributed by atoms with van der Waals surface area (Å²) in [5.74, 6) is -0.630. The number of allylic oxidation sites excluding steroid dienone is 24. The molecular formula is C71H116O5. The summed E-state index contributed by atoms with van der Waals surface area (Å²) in [6.07, 6.45) is 98.5. The molecule has 0 aromatic heterocycles. The van der Waals surface area contributed by atoms with Crippen LogP contribution in [0.3, 0.4) is 0 Å². The number of esters is 2. The molecule has 1 N–H and O–H groups in total. The molecule has 0 heterocycles. The number of aliphatic hydroxyl groups excluding tert-OH is 1. The summed E-state index contributed by atoms with van der Waals surface area (Å²) in [7, 11) is 0. The van der Waals surface area contributed by atoms with E-state index in [9.17, 15) is 14.7 Å². The van der Waals surface area contributed by atoms with Crippen molar-refractivity contribution in [3.8, 4) is 0 Å². The molecule has 0 fully saturated rings. The van der Waals surface area contributed by atoms with Gasteiger partial charge in [-0.1, -0.05) is 288 Å². The van der Waals surface area contributed by atoms with E-state index >= 15 is 0 Å². The highest BCUT2D eigenvalue weighted by Gasteiger charge is 2.16. The summed E-state index contributed by atoms with van der Waals surface area (Å²) in [6, 6.07) is 0. The Morgan fingerprint density at radius 1 is 0.303 bits per heavy atom. The van der Waals surface area contributed by atoms with Crippen LogP contribution in [0.25, 0.3) is 0 Å². The SMILES string of the molecule is CC/C=C\C/C=C\C/C=C\C/C=C\C/C=C\C/C=C\C/C=C\CCCCCC(=O)OC(CO)COC(=O)CCCCCCCCCCCCCCCCCCCCCCC/C=C\C/C=C\C/C=C\C/C=C\C/C=C\CC. The third-order valence-electron chi connectivity index (χ3n) is 13.1. The number of rotatable bonds is 56. The van der Waals surface area contributed by atoms with Gasteiger partial charge in [0.2, 0.25) is 0 Å². The Labute approximate surface area is 469 Å². The van der Waals surface area contributed by atoms with Gasteiger partial charge in [-0.05, 0) is 116 Å². The van der Waals surface area contributed by atoms with E-state index in [4.69, 9.17) is 9.47 Å². The highest BCUT2D eigenvalue weighted by atomic mass is 16.6. The van der Waals surface area contributed by atoms with E-state index in [0.717, 1.165) is 122 Å². The summed E-state index contributed by atoms with van der Waals surface area (Å²) >= 11 is 0. The van der Waals surface area contributed by atoms with Crippen LogP contribution in [0.2, 0.25) is 0 Å². The third-order valence-corrected chi connectivity index (χ3v) is 13.1. The van der Waals surface area contributed by atoms with Gasteiger partial charge in [0.05, 0.1) is 6.61 Å². The monoisotopic (exact) mass is 1050 g/mol. The van der Waals surface area contributed by atoms with Gasteiger partial charge >= 0.3 is 11.9 Å². The molecule has 0 saturated heterocycles. The van der Waals surface area contributed by atoms with Crippen molar-refractivity contribution in [2.24, 2.45) is 0 Å². The smallest absolute Gasteiger partial charge is 0.306 e.